The Hall–Kier alpha value is -0.720. The van der Waals surface area contributed by atoms with Crippen LogP contribution in [0.3, 0.4) is 0 Å². The van der Waals surface area contributed by atoms with E-state index in [4.69, 9.17) is 0 Å². The van der Waals surface area contributed by atoms with Crippen LogP contribution in [0.15, 0.2) is 24.4 Å². The molecule has 72 valence electrons. The molecule has 2 rings (SSSR count). The van der Waals surface area contributed by atoms with Gasteiger partial charge >= 0.3 is 0 Å². The molecule has 1 heteroatoms. The number of nitrogens with zero attached hydrogens (tertiary/aromatic N) is 1. The van der Waals surface area contributed by atoms with Gasteiger partial charge in [-0.3, -0.25) is 0 Å². The van der Waals surface area contributed by atoms with Crippen molar-refractivity contribution in [3.05, 3.63) is 24.4 Å². The lowest BCUT2D eigenvalue weighted by Crippen LogP contribution is -2.33. The van der Waals surface area contributed by atoms with Crippen molar-refractivity contribution in [1.82, 2.24) is 4.90 Å². The third kappa shape index (κ3) is 1.65. The lowest BCUT2D eigenvalue weighted by molar-refractivity contribution is 0.217. The monoisotopic (exact) mass is 177 g/mol. The van der Waals surface area contributed by atoms with Crippen LogP contribution in [0, 0.1) is 5.41 Å². The minimum Gasteiger partial charge on any atom is -0.372 e. The summed E-state index contributed by atoms with van der Waals surface area (Å²) < 4.78 is 0. The van der Waals surface area contributed by atoms with Crippen molar-refractivity contribution >= 4 is 0 Å². The van der Waals surface area contributed by atoms with Crippen molar-refractivity contribution in [1.29, 1.82) is 0 Å². The molecule has 0 aromatic heterocycles. The summed E-state index contributed by atoms with van der Waals surface area (Å²) in [5.74, 6) is 0. The maximum Gasteiger partial charge on any atom is 0.0316 e. The standard InChI is InChI=1S/C12H19N/c1-3-11(4-2)13-9-7-12(5-6-12)8-10-13/h3-4H,1,5-10H2,2H3/b11-4+. The second-order valence-corrected chi connectivity index (χ2v) is 4.40. The molecule has 2 fully saturated rings. The molecular weight excluding hydrogens is 158 g/mol. The van der Waals surface area contributed by atoms with Gasteiger partial charge in [-0.2, -0.15) is 0 Å². The molecule has 0 N–H and O–H groups in total. The quantitative estimate of drug-likeness (QED) is 0.586. The first-order valence-corrected chi connectivity index (χ1v) is 5.33. The molecule has 0 bridgehead atoms. The highest BCUT2D eigenvalue weighted by atomic mass is 15.1. The molecule has 2 aliphatic rings. The van der Waals surface area contributed by atoms with Gasteiger partial charge in [0.2, 0.25) is 0 Å². The van der Waals surface area contributed by atoms with Gasteiger partial charge in [0.1, 0.15) is 0 Å². The first-order valence-electron chi connectivity index (χ1n) is 5.33. The molecule has 1 saturated heterocycles. The molecule has 0 amide bonds. The van der Waals surface area contributed by atoms with Gasteiger partial charge in [0, 0.05) is 18.8 Å². The van der Waals surface area contributed by atoms with Crippen LogP contribution in [-0.4, -0.2) is 18.0 Å². The van der Waals surface area contributed by atoms with Gasteiger partial charge in [-0.05, 0) is 44.1 Å². The van der Waals surface area contributed by atoms with Crippen LogP contribution in [0.5, 0.6) is 0 Å². The fourth-order valence-corrected chi connectivity index (χ4v) is 2.35. The predicted octanol–water partition coefficient (Wildman–Crippen LogP) is 2.95. The Bertz CT molecular complexity index is 226. The number of rotatable bonds is 2. The van der Waals surface area contributed by atoms with Gasteiger partial charge in [-0.15, -0.1) is 0 Å². The Balaban J connectivity index is 1.93. The average Bonchev–Trinajstić information content (AvgIpc) is 2.91. The first kappa shape index (κ1) is 8.86. The van der Waals surface area contributed by atoms with Crippen LogP contribution < -0.4 is 0 Å². The van der Waals surface area contributed by atoms with Crippen LogP contribution in [0.4, 0.5) is 0 Å². The molecular formula is C12H19N. The minimum absolute atomic E-state index is 0.788. The number of piperidine rings is 1. The van der Waals surface area contributed by atoms with Gasteiger partial charge in [0.05, 0.1) is 0 Å². The lowest BCUT2D eigenvalue weighted by Gasteiger charge is -2.34. The highest BCUT2D eigenvalue weighted by Gasteiger charge is 2.44. The van der Waals surface area contributed by atoms with E-state index in [1.165, 1.54) is 44.5 Å². The molecule has 1 saturated carbocycles. The number of hydrogen-bond donors (Lipinski definition) is 0. The summed E-state index contributed by atoms with van der Waals surface area (Å²) in [5.41, 5.74) is 2.10. The summed E-state index contributed by atoms with van der Waals surface area (Å²) in [6.07, 6.45) is 9.92. The van der Waals surface area contributed by atoms with Crippen molar-refractivity contribution in [2.45, 2.75) is 32.6 Å². The number of hydrogen-bond acceptors (Lipinski definition) is 1. The Morgan fingerprint density at radius 2 is 1.85 bits per heavy atom. The van der Waals surface area contributed by atoms with E-state index in [1.807, 2.05) is 6.08 Å². The predicted molar refractivity (Wildman–Crippen MR) is 56.4 cm³/mol. The van der Waals surface area contributed by atoms with Crippen molar-refractivity contribution in [2.75, 3.05) is 13.1 Å². The molecule has 1 heterocycles. The maximum atomic E-state index is 3.85. The molecule has 1 aliphatic heterocycles. The Labute approximate surface area is 81.1 Å². The van der Waals surface area contributed by atoms with E-state index in [1.54, 1.807) is 0 Å². The van der Waals surface area contributed by atoms with Crippen molar-refractivity contribution in [3.8, 4) is 0 Å². The second-order valence-electron chi connectivity index (χ2n) is 4.40. The lowest BCUT2D eigenvalue weighted by atomic mass is 9.93. The summed E-state index contributed by atoms with van der Waals surface area (Å²) >= 11 is 0. The molecule has 1 nitrogen and oxygen atoms in total. The van der Waals surface area contributed by atoms with E-state index in [9.17, 15) is 0 Å². The molecule has 1 spiro atoms. The third-order valence-electron chi connectivity index (χ3n) is 3.65. The molecule has 0 unspecified atom stereocenters. The molecule has 0 aromatic rings. The SMILES string of the molecule is C=C/C(=C\C)N1CCC2(CC1)CC2. The van der Waals surface area contributed by atoms with E-state index < -0.39 is 0 Å². The number of likely N-dealkylation sites (tertiary alicyclic amines) is 1. The van der Waals surface area contributed by atoms with Crippen LogP contribution >= 0.6 is 0 Å². The molecule has 0 radical (unpaired) electrons. The van der Waals surface area contributed by atoms with Gasteiger partial charge in [-0.1, -0.05) is 12.7 Å². The highest BCUT2D eigenvalue weighted by molar-refractivity contribution is 5.15. The topological polar surface area (TPSA) is 3.24 Å². The molecule has 0 atom stereocenters. The summed E-state index contributed by atoms with van der Waals surface area (Å²) in [6.45, 7) is 8.43. The van der Waals surface area contributed by atoms with E-state index in [0.717, 1.165) is 5.41 Å². The zero-order valence-corrected chi connectivity index (χ0v) is 8.55. The van der Waals surface area contributed by atoms with Gasteiger partial charge in [0.15, 0.2) is 0 Å². The Morgan fingerprint density at radius 3 is 2.23 bits per heavy atom. The Morgan fingerprint density at radius 1 is 1.23 bits per heavy atom. The van der Waals surface area contributed by atoms with Crippen LogP contribution in [0.2, 0.25) is 0 Å². The third-order valence-corrected chi connectivity index (χ3v) is 3.65. The van der Waals surface area contributed by atoms with E-state index in [2.05, 4.69) is 24.5 Å². The molecule has 1 aliphatic carbocycles. The van der Waals surface area contributed by atoms with Crippen LogP contribution in [0.1, 0.15) is 32.6 Å². The zero-order chi connectivity index (χ0) is 9.31. The van der Waals surface area contributed by atoms with E-state index in [0.29, 0.717) is 0 Å². The number of allylic oxidation sites excluding steroid dienone is 2. The van der Waals surface area contributed by atoms with Crippen molar-refractivity contribution in [2.24, 2.45) is 5.41 Å². The fraction of sp³-hybridized carbons (Fsp3) is 0.667. The normalized spacial score (nSPS) is 26.2. The summed E-state index contributed by atoms with van der Waals surface area (Å²) in [5, 5.41) is 0. The minimum atomic E-state index is 0.788. The highest BCUT2D eigenvalue weighted by Crippen LogP contribution is 2.53. The van der Waals surface area contributed by atoms with Gasteiger partial charge in [0.25, 0.3) is 0 Å². The van der Waals surface area contributed by atoms with Crippen molar-refractivity contribution < 1.29 is 0 Å². The molecule has 0 aromatic carbocycles. The maximum absolute atomic E-state index is 3.85. The largest absolute Gasteiger partial charge is 0.372 e. The molecule has 13 heavy (non-hydrogen) atoms. The Kier molecular flexibility index (Phi) is 2.19. The summed E-state index contributed by atoms with van der Waals surface area (Å²) in [4.78, 5) is 2.47. The average molecular weight is 177 g/mol. The fourth-order valence-electron chi connectivity index (χ4n) is 2.35. The van der Waals surface area contributed by atoms with Gasteiger partial charge < -0.3 is 4.90 Å². The van der Waals surface area contributed by atoms with E-state index in [-0.39, 0.29) is 0 Å². The van der Waals surface area contributed by atoms with Crippen LogP contribution in [0.25, 0.3) is 0 Å². The van der Waals surface area contributed by atoms with E-state index >= 15 is 0 Å². The smallest absolute Gasteiger partial charge is 0.0316 e. The summed E-state index contributed by atoms with van der Waals surface area (Å²) in [6, 6.07) is 0. The van der Waals surface area contributed by atoms with Crippen LogP contribution in [-0.2, 0) is 0 Å². The van der Waals surface area contributed by atoms with Crippen molar-refractivity contribution in [3.63, 3.8) is 0 Å². The second kappa shape index (κ2) is 3.21. The summed E-state index contributed by atoms with van der Waals surface area (Å²) in [7, 11) is 0. The first-order chi connectivity index (χ1) is 6.29. The van der Waals surface area contributed by atoms with Gasteiger partial charge in [-0.25, -0.2) is 0 Å². The zero-order valence-electron chi connectivity index (χ0n) is 8.55.